The molecule has 1 amide bonds. The number of ketones is 1. The number of aliphatic hydroxyl groups is 1. The van der Waals surface area contributed by atoms with E-state index in [1.807, 2.05) is 62.3 Å². The van der Waals surface area contributed by atoms with Gasteiger partial charge in [0, 0.05) is 35.5 Å². The van der Waals surface area contributed by atoms with E-state index in [-0.39, 0.29) is 11.3 Å². The second-order valence-electron chi connectivity index (χ2n) is 8.09. The standard InChI is InChI=1S/C27H25BrN2O4/c1-4-34-22-15-7-17(8-16-22)24-23(25(31)18-5-9-19(28)10-6-18)26(32)27(33)30(24)21-13-11-20(12-14-21)29(2)3/h5-16,24,31H,4H2,1-3H3/b25-23+. The third-order valence-electron chi connectivity index (χ3n) is 5.71. The fourth-order valence-electron chi connectivity index (χ4n) is 4.00. The Morgan fingerprint density at radius 3 is 2.15 bits per heavy atom. The maximum atomic E-state index is 13.3. The number of benzene rings is 3. The lowest BCUT2D eigenvalue weighted by atomic mass is 9.95. The minimum absolute atomic E-state index is 0.0492. The van der Waals surface area contributed by atoms with Crippen LogP contribution in [-0.2, 0) is 9.59 Å². The van der Waals surface area contributed by atoms with E-state index in [2.05, 4.69) is 15.9 Å². The molecule has 1 atom stereocenters. The van der Waals surface area contributed by atoms with Gasteiger partial charge in [-0.3, -0.25) is 14.5 Å². The maximum Gasteiger partial charge on any atom is 0.300 e. The molecule has 1 saturated heterocycles. The highest BCUT2D eigenvalue weighted by molar-refractivity contribution is 9.10. The van der Waals surface area contributed by atoms with E-state index < -0.39 is 17.7 Å². The van der Waals surface area contributed by atoms with Crippen LogP contribution >= 0.6 is 15.9 Å². The van der Waals surface area contributed by atoms with Crippen LogP contribution in [0.1, 0.15) is 24.1 Å². The average Bonchev–Trinajstić information content (AvgIpc) is 3.10. The van der Waals surface area contributed by atoms with Crippen molar-refractivity contribution in [1.29, 1.82) is 0 Å². The van der Waals surface area contributed by atoms with Crippen LogP contribution in [-0.4, -0.2) is 37.5 Å². The SMILES string of the molecule is CCOc1ccc(C2/C(=C(\O)c3ccc(Br)cc3)C(=O)C(=O)N2c2ccc(N(C)C)cc2)cc1. The lowest BCUT2D eigenvalue weighted by molar-refractivity contribution is -0.132. The normalized spacial score (nSPS) is 17.2. The van der Waals surface area contributed by atoms with Gasteiger partial charge < -0.3 is 14.7 Å². The number of anilines is 2. The molecule has 6 nitrogen and oxygen atoms in total. The molecule has 3 aromatic carbocycles. The molecule has 1 heterocycles. The van der Waals surface area contributed by atoms with Crippen molar-refractivity contribution in [2.24, 2.45) is 0 Å². The van der Waals surface area contributed by atoms with Crippen LogP contribution in [0, 0.1) is 0 Å². The summed E-state index contributed by atoms with van der Waals surface area (Å²) in [5.41, 5.74) is 2.74. The predicted octanol–water partition coefficient (Wildman–Crippen LogP) is 5.54. The minimum atomic E-state index is -0.787. The first-order valence-corrected chi connectivity index (χ1v) is 11.7. The highest BCUT2D eigenvalue weighted by Crippen LogP contribution is 2.42. The number of aliphatic hydroxyl groups excluding tert-OH is 1. The van der Waals surface area contributed by atoms with Crippen molar-refractivity contribution in [1.82, 2.24) is 0 Å². The number of carbonyl (C=O) groups is 2. The van der Waals surface area contributed by atoms with Crippen LogP contribution in [0.5, 0.6) is 5.75 Å². The Balaban J connectivity index is 1.87. The Kier molecular flexibility index (Phi) is 6.75. The number of halogens is 1. The maximum absolute atomic E-state index is 13.3. The Hall–Kier alpha value is -3.58. The van der Waals surface area contributed by atoms with Gasteiger partial charge in [0.1, 0.15) is 11.5 Å². The monoisotopic (exact) mass is 520 g/mol. The molecule has 0 aliphatic carbocycles. The van der Waals surface area contributed by atoms with E-state index in [0.29, 0.717) is 29.2 Å². The van der Waals surface area contributed by atoms with Gasteiger partial charge in [0.25, 0.3) is 11.7 Å². The third kappa shape index (κ3) is 4.43. The van der Waals surface area contributed by atoms with E-state index in [0.717, 1.165) is 10.2 Å². The number of rotatable bonds is 6. The van der Waals surface area contributed by atoms with Gasteiger partial charge in [-0.2, -0.15) is 0 Å². The summed E-state index contributed by atoms with van der Waals surface area (Å²) in [7, 11) is 3.86. The smallest absolute Gasteiger partial charge is 0.300 e. The quantitative estimate of drug-likeness (QED) is 0.262. The van der Waals surface area contributed by atoms with Crippen molar-refractivity contribution in [3.63, 3.8) is 0 Å². The second kappa shape index (κ2) is 9.73. The first-order chi connectivity index (χ1) is 16.3. The summed E-state index contributed by atoms with van der Waals surface area (Å²) in [6, 6.07) is 20.8. The molecule has 0 saturated carbocycles. The summed E-state index contributed by atoms with van der Waals surface area (Å²) in [5.74, 6) is -0.935. The van der Waals surface area contributed by atoms with E-state index in [4.69, 9.17) is 4.74 Å². The topological polar surface area (TPSA) is 70.1 Å². The molecule has 1 aliphatic heterocycles. The van der Waals surface area contributed by atoms with Crippen molar-refractivity contribution in [2.75, 3.05) is 30.5 Å². The van der Waals surface area contributed by atoms with Gasteiger partial charge in [0.15, 0.2) is 0 Å². The lowest BCUT2D eigenvalue weighted by Gasteiger charge is -2.26. The molecule has 1 unspecified atom stereocenters. The van der Waals surface area contributed by atoms with E-state index in [1.165, 1.54) is 4.90 Å². The molecule has 0 bridgehead atoms. The Morgan fingerprint density at radius 1 is 0.971 bits per heavy atom. The molecular weight excluding hydrogens is 496 g/mol. The first kappa shape index (κ1) is 23.6. The molecule has 0 spiro atoms. The van der Waals surface area contributed by atoms with Crippen LogP contribution < -0.4 is 14.5 Å². The van der Waals surface area contributed by atoms with Crippen molar-refractivity contribution in [2.45, 2.75) is 13.0 Å². The van der Waals surface area contributed by atoms with Crippen molar-refractivity contribution in [3.8, 4) is 5.75 Å². The van der Waals surface area contributed by atoms with E-state index in [9.17, 15) is 14.7 Å². The summed E-state index contributed by atoms with van der Waals surface area (Å²) in [6.45, 7) is 2.43. The molecule has 174 valence electrons. The highest BCUT2D eigenvalue weighted by Gasteiger charge is 2.47. The number of amides is 1. The second-order valence-corrected chi connectivity index (χ2v) is 9.00. The van der Waals surface area contributed by atoms with Crippen LogP contribution in [0.2, 0.25) is 0 Å². The molecule has 0 radical (unpaired) electrons. The predicted molar refractivity (Wildman–Crippen MR) is 137 cm³/mol. The van der Waals surface area contributed by atoms with Gasteiger partial charge in [-0.1, -0.05) is 40.2 Å². The van der Waals surface area contributed by atoms with Gasteiger partial charge in [0.2, 0.25) is 0 Å². The van der Waals surface area contributed by atoms with Crippen LogP contribution in [0.25, 0.3) is 5.76 Å². The molecule has 1 fully saturated rings. The van der Waals surface area contributed by atoms with E-state index >= 15 is 0 Å². The number of nitrogens with zero attached hydrogens (tertiary/aromatic N) is 2. The first-order valence-electron chi connectivity index (χ1n) is 10.9. The zero-order valence-electron chi connectivity index (χ0n) is 19.2. The molecule has 0 aromatic heterocycles. The Bertz CT molecular complexity index is 1230. The van der Waals surface area contributed by atoms with Crippen molar-refractivity contribution < 1.29 is 19.4 Å². The summed E-state index contributed by atoms with van der Waals surface area (Å²) in [6.07, 6.45) is 0. The van der Waals surface area contributed by atoms with Gasteiger partial charge in [-0.25, -0.2) is 0 Å². The Labute approximate surface area is 207 Å². The highest BCUT2D eigenvalue weighted by atomic mass is 79.9. The molecule has 34 heavy (non-hydrogen) atoms. The molecule has 7 heteroatoms. The summed E-state index contributed by atoms with van der Waals surface area (Å²) in [5, 5.41) is 11.2. The third-order valence-corrected chi connectivity index (χ3v) is 6.24. The number of ether oxygens (including phenoxy) is 1. The van der Waals surface area contributed by atoms with Gasteiger partial charge in [0.05, 0.1) is 18.2 Å². The fraction of sp³-hybridized carbons (Fsp3) is 0.185. The summed E-state index contributed by atoms with van der Waals surface area (Å²) < 4.78 is 6.39. The summed E-state index contributed by atoms with van der Waals surface area (Å²) >= 11 is 3.38. The molecule has 4 rings (SSSR count). The number of hydrogen-bond donors (Lipinski definition) is 1. The van der Waals surface area contributed by atoms with Crippen molar-refractivity contribution in [3.05, 3.63) is 94.0 Å². The van der Waals surface area contributed by atoms with Crippen LogP contribution in [0.3, 0.4) is 0 Å². The van der Waals surface area contributed by atoms with E-state index in [1.54, 1.807) is 36.4 Å². The van der Waals surface area contributed by atoms with Gasteiger partial charge in [-0.05, 0) is 61.0 Å². The average molecular weight is 521 g/mol. The molecule has 1 N–H and O–H groups in total. The zero-order valence-corrected chi connectivity index (χ0v) is 20.7. The fourth-order valence-corrected chi connectivity index (χ4v) is 4.27. The molecule has 3 aromatic rings. The van der Waals surface area contributed by atoms with Crippen molar-refractivity contribution >= 4 is 44.8 Å². The zero-order chi connectivity index (χ0) is 24.4. The van der Waals surface area contributed by atoms with Crippen LogP contribution in [0.15, 0.2) is 82.8 Å². The number of hydrogen-bond acceptors (Lipinski definition) is 5. The van der Waals surface area contributed by atoms with Gasteiger partial charge >= 0.3 is 0 Å². The minimum Gasteiger partial charge on any atom is -0.507 e. The number of carbonyl (C=O) groups excluding carboxylic acids is 2. The Morgan fingerprint density at radius 2 is 1.59 bits per heavy atom. The molecule has 1 aliphatic rings. The summed E-state index contributed by atoms with van der Waals surface area (Å²) in [4.78, 5) is 29.9. The largest absolute Gasteiger partial charge is 0.507 e. The van der Waals surface area contributed by atoms with Crippen LogP contribution in [0.4, 0.5) is 11.4 Å². The molecular formula is C27H25BrN2O4. The lowest BCUT2D eigenvalue weighted by Crippen LogP contribution is -2.29. The number of Topliss-reactive ketones (excluding diaryl/α,β-unsaturated/α-hetero) is 1. The van der Waals surface area contributed by atoms with Gasteiger partial charge in [-0.15, -0.1) is 0 Å².